The smallest absolute Gasteiger partial charge is 0.229 e. The Labute approximate surface area is 98.7 Å². The lowest BCUT2D eigenvalue weighted by Gasteiger charge is -2.38. The SMILES string of the molecule is CC(C)CN1C(=O)C(C)CC2=C1CCCC2. The number of rotatable bonds is 2. The van der Waals surface area contributed by atoms with E-state index in [4.69, 9.17) is 0 Å². The van der Waals surface area contributed by atoms with Gasteiger partial charge in [0.25, 0.3) is 0 Å². The Kier molecular flexibility index (Phi) is 3.36. The van der Waals surface area contributed by atoms with Gasteiger partial charge in [0, 0.05) is 18.2 Å². The van der Waals surface area contributed by atoms with E-state index in [9.17, 15) is 4.79 Å². The molecular formula is C14H23NO. The van der Waals surface area contributed by atoms with E-state index in [0.717, 1.165) is 19.4 Å². The van der Waals surface area contributed by atoms with Crippen LogP contribution in [0.5, 0.6) is 0 Å². The van der Waals surface area contributed by atoms with Gasteiger partial charge in [0.05, 0.1) is 0 Å². The van der Waals surface area contributed by atoms with Crippen LogP contribution in [0.2, 0.25) is 0 Å². The summed E-state index contributed by atoms with van der Waals surface area (Å²) in [6.07, 6.45) is 5.94. The summed E-state index contributed by atoms with van der Waals surface area (Å²) < 4.78 is 0. The molecule has 1 heterocycles. The molecule has 0 radical (unpaired) electrons. The fourth-order valence-corrected chi connectivity index (χ4v) is 2.92. The zero-order valence-corrected chi connectivity index (χ0v) is 10.8. The minimum Gasteiger partial charge on any atom is -0.316 e. The number of carbonyl (C=O) groups excluding carboxylic acids is 1. The van der Waals surface area contributed by atoms with Gasteiger partial charge in [0.2, 0.25) is 5.91 Å². The van der Waals surface area contributed by atoms with Crippen molar-refractivity contribution in [3.8, 4) is 0 Å². The maximum Gasteiger partial charge on any atom is 0.229 e. The van der Waals surface area contributed by atoms with Gasteiger partial charge in [0.15, 0.2) is 0 Å². The Morgan fingerprint density at radius 1 is 1.31 bits per heavy atom. The first-order valence-corrected chi connectivity index (χ1v) is 6.62. The van der Waals surface area contributed by atoms with Crippen LogP contribution >= 0.6 is 0 Å². The second kappa shape index (κ2) is 4.60. The molecule has 1 unspecified atom stereocenters. The molecule has 0 saturated heterocycles. The largest absolute Gasteiger partial charge is 0.316 e. The Morgan fingerprint density at radius 2 is 2.00 bits per heavy atom. The first-order chi connectivity index (χ1) is 7.59. The maximum absolute atomic E-state index is 12.2. The normalized spacial score (nSPS) is 26.4. The van der Waals surface area contributed by atoms with E-state index in [2.05, 4.69) is 25.7 Å². The molecule has 2 nitrogen and oxygen atoms in total. The topological polar surface area (TPSA) is 20.3 Å². The predicted molar refractivity (Wildman–Crippen MR) is 65.8 cm³/mol. The summed E-state index contributed by atoms with van der Waals surface area (Å²) in [6, 6.07) is 0. The number of carbonyl (C=O) groups is 1. The summed E-state index contributed by atoms with van der Waals surface area (Å²) in [7, 11) is 0. The minimum atomic E-state index is 0.204. The van der Waals surface area contributed by atoms with Crippen molar-refractivity contribution >= 4 is 5.91 Å². The Hall–Kier alpha value is -0.790. The zero-order chi connectivity index (χ0) is 11.7. The molecule has 0 fully saturated rings. The van der Waals surface area contributed by atoms with Gasteiger partial charge in [0.1, 0.15) is 0 Å². The fourth-order valence-electron chi connectivity index (χ4n) is 2.92. The zero-order valence-electron chi connectivity index (χ0n) is 10.8. The van der Waals surface area contributed by atoms with E-state index in [1.54, 1.807) is 5.57 Å². The third kappa shape index (κ3) is 2.16. The molecule has 1 aliphatic heterocycles. The molecule has 2 rings (SSSR count). The van der Waals surface area contributed by atoms with E-state index in [0.29, 0.717) is 11.8 Å². The van der Waals surface area contributed by atoms with Gasteiger partial charge < -0.3 is 4.90 Å². The second-order valence-corrected chi connectivity index (χ2v) is 5.71. The van der Waals surface area contributed by atoms with Crippen molar-refractivity contribution < 1.29 is 4.79 Å². The second-order valence-electron chi connectivity index (χ2n) is 5.71. The van der Waals surface area contributed by atoms with Crippen LogP contribution in [0.15, 0.2) is 11.3 Å². The number of allylic oxidation sites excluding steroid dienone is 2. The van der Waals surface area contributed by atoms with Crippen LogP contribution in [-0.4, -0.2) is 17.4 Å². The molecule has 0 aromatic rings. The standard InChI is InChI=1S/C14H23NO/c1-10(2)9-15-13-7-5-4-6-12(13)8-11(3)14(15)16/h10-11H,4-9H2,1-3H3. The lowest BCUT2D eigenvalue weighted by Crippen LogP contribution is -2.41. The summed E-state index contributed by atoms with van der Waals surface area (Å²) in [6.45, 7) is 7.36. The van der Waals surface area contributed by atoms with Gasteiger partial charge in [-0.15, -0.1) is 0 Å². The van der Waals surface area contributed by atoms with Gasteiger partial charge in [-0.3, -0.25) is 4.79 Å². The van der Waals surface area contributed by atoms with E-state index in [-0.39, 0.29) is 5.92 Å². The molecule has 0 saturated carbocycles. The highest BCUT2D eigenvalue weighted by Crippen LogP contribution is 2.36. The molecule has 0 spiro atoms. The molecule has 1 amide bonds. The molecule has 2 heteroatoms. The molecule has 90 valence electrons. The van der Waals surface area contributed by atoms with Crippen molar-refractivity contribution in [3.05, 3.63) is 11.3 Å². The van der Waals surface area contributed by atoms with E-state index < -0.39 is 0 Å². The van der Waals surface area contributed by atoms with Crippen LogP contribution in [0, 0.1) is 11.8 Å². The molecule has 1 atom stereocenters. The number of amides is 1. The quantitative estimate of drug-likeness (QED) is 0.700. The number of nitrogens with zero attached hydrogens (tertiary/aromatic N) is 1. The van der Waals surface area contributed by atoms with Crippen molar-refractivity contribution in [3.63, 3.8) is 0 Å². The molecule has 0 aromatic carbocycles. The van der Waals surface area contributed by atoms with Crippen molar-refractivity contribution in [2.45, 2.75) is 52.9 Å². The Bertz CT molecular complexity index is 317. The van der Waals surface area contributed by atoms with E-state index >= 15 is 0 Å². The third-order valence-corrected chi connectivity index (χ3v) is 3.66. The average molecular weight is 221 g/mol. The Morgan fingerprint density at radius 3 is 2.69 bits per heavy atom. The van der Waals surface area contributed by atoms with Crippen LogP contribution in [0.3, 0.4) is 0 Å². The third-order valence-electron chi connectivity index (χ3n) is 3.66. The maximum atomic E-state index is 12.2. The lowest BCUT2D eigenvalue weighted by atomic mass is 9.84. The summed E-state index contributed by atoms with van der Waals surface area (Å²) >= 11 is 0. The van der Waals surface area contributed by atoms with Crippen molar-refractivity contribution in [2.75, 3.05) is 6.54 Å². The van der Waals surface area contributed by atoms with Crippen LogP contribution in [0.1, 0.15) is 52.9 Å². The molecule has 2 aliphatic rings. The van der Waals surface area contributed by atoms with Crippen molar-refractivity contribution in [1.82, 2.24) is 4.90 Å². The highest BCUT2D eigenvalue weighted by atomic mass is 16.2. The number of hydrogen-bond donors (Lipinski definition) is 0. The van der Waals surface area contributed by atoms with E-state index in [1.165, 1.54) is 25.0 Å². The first kappa shape index (κ1) is 11.7. The molecule has 0 N–H and O–H groups in total. The van der Waals surface area contributed by atoms with Crippen LogP contribution in [-0.2, 0) is 4.79 Å². The first-order valence-electron chi connectivity index (χ1n) is 6.62. The molecular weight excluding hydrogens is 198 g/mol. The highest BCUT2D eigenvalue weighted by molar-refractivity contribution is 5.82. The summed E-state index contributed by atoms with van der Waals surface area (Å²) in [5.74, 6) is 1.12. The molecule has 0 bridgehead atoms. The summed E-state index contributed by atoms with van der Waals surface area (Å²) in [5.41, 5.74) is 2.95. The van der Waals surface area contributed by atoms with Gasteiger partial charge in [-0.2, -0.15) is 0 Å². The van der Waals surface area contributed by atoms with Crippen LogP contribution < -0.4 is 0 Å². The van der Waals surface area contributed by atoms with Gasteiger partial charge in [-0.25, -0.2) is 0 Å². The fraction of sp³-hybridized carbons (Fsp3) is 0.786. The molecule has 0 aromatic heterocycles. The van der Waals surface area contributed by atoms with Crippen LogP contribution in [0.4, 0.5) is 0 Å². The van der Waals surface area contributed by atoms with E-state index in [1.807, 2.05) is 0 Å². The van der Waals surface area contributed by atoms with Crippen molar-refractivity contribution in [1.29, 1.82) is 0 Å². The summed E-state index contributed by atoms with van der Waals surface area (Å²) in [4.78, 5) is 14.3. The summed E-state index contributed by atoms with van der Waals surface area (Å²) in [5, 5.41) is 0. The van der Waals surface area contributed by atoms with Gasteiger partial charge in [-0.1, -0.05) is 20.8 Å². The molecule has 16 heavy (non-hydrogen) atoms. The van der Waals surface area contributed by atoms with Crippen LogP contribution in [0.25, 0.3) is 0 Å². The number of hydrogen-bond acceptors (Lipinski definition) is 1. The average Bonchev–Trinajstić information content (AvgIpc) is 2.24. The Balaban J connectivity index is 2.26. The molecule has 1 aliphatic carbocycles. The highest BCUT2D eigenvalue weighted by Gasteiger charge is 2.32. The van der Waals surface area contributed by atoms with Gasteiger partial charge in [-0.05, 0) is 43.6 Å². The monoisotopic (exact) mass is 221 g/mol. The lowest BCUT2D eigenvalue weighted by molar-refractivity contribution is -0.134. The minimum absolute atomic E-state index is 0.204. The van der Waals surface area contributed by atoms with Gasteiger partial charge >= 0.3 is 0 Å². The van der Waals surface area contributed by atoms with Crippen molar-refractivity contribution in [2.24, 2.45) is 11.8 Å². The predicted octanol–water partition coefficient (Wildman–Crippen LogP) is 3.34.